The van der Waals surface area contributed by atoms with Crippen LogP contribution in [0.4, 0.5) is 5.69 Å². The molecule has 2 heterocycles. The van der Waals surface area contributed by atoms with Crippen LogP contribution in [0, 0.1) is 18.3 Å². The fraction of sp³-hybridized carbons (Fsp3) is 0.300. The van der Waals surface area contributed by atoms with Crippen molar-refractivity contribution in [2.75, 3.05) is 5.73 Å². The van der Waals surface area contributed by atoms with E-state index in [1.807, 2.05) is 25.3 Å². The maximum Gasteiger partial charge on any atom is 0.212 e. The first-order chi connectivity index (χ1) is 13.7. The van der Waals surface area contributed by atoms with E-state index >= 15 is 0 Å². The lowest BCUT2D eigenvalue weighted by Crippen LogP contribution is -2.26. The van der Waals surface area contributed by atoms with Crippen molar-refractivity contribution < 1.29 is 8.42 Å². The van der Waals surface area contributed by atoms with E-state index in [-0.39, 0.29) is 6.04 Å². The summed E-state index contributed by atoms with van der Waals surface area (Å²) in [5, 5.41) is 15.6. The standard InChI is InChI=1S/C20H20ClN5O2S/c1-11-4-19-15(5-12(11)7-22)17(16-8-25-9-18(23)20(16)21)10-26(19)13-2-3-14(6-13)29(24,27)28/h4-5,8-10,13-14H,2-3,6,23H2,1H3,(H2,24,27,28)/t13-,14-/m1/s1. The second-order valence-electron chi connectivity index (χ2n) is 7.51. The number of hydrogen-bond donors (Lipinski definition) is 2. The zero-order chi connectivity index (χ0) is 20.9. The number of halogens is 1. The number of nitrogens with two attached hydrogens (primary N) is 2. The molecule has 1 aromatic carbocycles. The molecule has 1 aliphatic rings. The summed E-state index contributed by atoms with van der Waals surface area (Å²) in [6.45, 7) is 1.88. The molecule has 0 saturated heterocycles. The Hall–Kier alpha value is -2.60. The van der Waals surface area contributed by atoms with Gasteiger partial charge in [-0.15, -0.1) is 0 Å². The topological polar surface area (TPSA) is 128 Å². The van der Waals surface area contributed by atoms with Gasteiger partial charge in [-0.2, -0.15) is 5.26 Å². The van der Waals surface area contributed by atoms with Gasteiger partial charge in [-0.3, -0.25) is 4.98 Å². The highest BCUT2D eigenvalue weighted by Crippen LogP contribution is 2.42. The van der Waals surface area contributed by atoms with Crippen molar-refractivity contribution in [1.29, 1.82) is 5.26 Å². The lowest BCUT2D eigenvalue weighted by molar-refractivity contribution is 0.531. The second-order valence-corrected chi connectivity index (χ2v) is 9.74. The molecule has 4 N–H and O–H groups in total. The summed E-state index contributed by atoms with van der Waals surface area (Å²) in [7, 11) is -3.58. The SMILES string of the molecule is Cc1cc2c(cc1C#N)c(-c1cncc(N)c1Cl)cn2[C@@H]1CC[C@@H](S(N)(=O)=O)C1. The van der Waals surface area contributed by atoms with Gasteiger partial charge in [0.2, 0.25) is 10.0 Å². The zero-order valence-electron chi connectivity index (χ0n) is 15.8. The van der Waals surface area contributed by atoms with E-state index in [2.05, 4.69) is 15.6 Å². The number of anilines is 1. The molecular formula is C20H20ClN5O2S. The first-order valence-corrected chi connectivity index (χ1v) is 11.2. The Morgan fingerprint density at radius 1 is 1.28 bits per heavy atom. The highest BCUT2D eigenvalue weighted by atomic mass is 35.5. The molecule has 0 spiro atoms. The summed E-state index contributed by atoms with van der Waals surface area (Å²) in [4.78, 5) is 4.16. The maximum absolute atomic E-state index is 11.8. The fourth-order valence-electron chi connectivity index (χ4n) is 4.15. The number of rotatable bonds is 3. The van der Waals surface area contributed by atoms with Crippen molar-refractivity contribution in [3.63, 3.8) is 0 Å². The van der Waals surface area contributed by atoms with Gasteiger partial charge < -0.3 is 10.3 Å². The zero-order valence-corrected chi connectivity index (χ0v) is 17.3. The summed E-state index contributed by atoms with van der Waals surface area (Å²) < 4.78 is 25.7. The first kappa shape index (κ1) is 19.7. The molecular weight excluding hydrogens is 410 g/mol. The number of aromatic nitrogens is 2. The molecule has 0 radical (unpaired) electrons. The van der Waals surface area contributed by atoms with Crippen molar-refractivity contribution in [1.82, 2.24) is 9.55 Å². The van der Waals surface area contributed by atoms with Gasteiger partial charge in [0, 0.05) is 40.5 Å². The van der Waals surface area contributed by atoms with Gasteiger partial charge in [-0.25, -0.2) is 13.6 Å². The fourth-order valence-corrected chi connectivity index (χ4v) is 5.31. The Bertz CT molecular complexity index is 1280. The van der Waals surface area contributed by atoms with E-state index < -0.39 is 15.3 Å². The van der Waals surface area contributed by atoms with Crippen molar-refractivity contribution in [3.8, 4) is 17.2 Å². The monoisotopic (exact) mass is 429 g/mol. The van der Waals surface area contributed by atoms with E-state index in [9.17, 15) is 13.7 Å². The second kappa shape index (κ2) is 7.02. The number of pyridine rings is 1. The number of hydrogen-bond acceptors (Lipinski definition) is 5. The Morgan fingerprint density at radius 2 is 2.03 bits per heavy atom. The number of aryl methyl sites for hydroxylation is 1. The van der Waals surface area contributed by atoms with Crippen LogP contribution in [0.2, 0.25) is 5.02 Å². The van der Waals surface area contributed by atoms with Crippen LogP contribution in [-0.4, -0.2) is 23.2 Å². The Balaban J connectivity index is 1.94. The minimum Gasteiger partial charge on any atom is -0.396 e. The van der Waals surface area contributed by atoms with Crippen LogP contribution in [0.15, 0.2) is 30.7 Å². The lowest BCUT2D eigenvalue weighted by atomic mass is 10.0. The number of benzene rings is 1. The molecule has 150 valence electrons. The average Bonchev–Trinajstić information content (AvgIpc) is 3.28. The van der Waals surface area contributed by atoms with Crippen molar-refractivity contribution >= 4 is 38.2 Å². The van der Waals surface area contributed by atoms with Crippen LogP contribution in [0.1, 0.15) is 36.4 Å². The number of primary sulfonamides is 1. The first-order valence-electron chi connectivity index (χ1n) is 9.17. The summed E-state index contributed by atoms with van der Waals surface area (Å²) >= 11 is 6.45. The molecule has 0 aliphatic heterocycles. The largest absolute Gasteiger partial charge is 0.396 e. The molecule has 1 saturated carbocycles. The summed E-state index contributed by atoms with van der Waals surface area (Å²) in [5.74, 6) is 0. The van der Waals surface area contributed by atoms with Gasteiger partial charge in [0.05, 0.1) is 33.8 Å². The molecule has 1 aliphatic carbocycles. The molecule has 3 aromatic rings. The van der Waals surface area contributed by atoms with Crippen LogP contribution in [0.25, 0.3) is 22.0 Å². The third-order valence-electron chi connectivity index (χ3n) is 5.71. The minimum absolute atomic E-state index is 0.0188. The van der Waals surface area contributed by atoms with Crippen molar-refractivity contribution in [2.24, 2.45) is 5.14 Å². The Morgan fingerprint density at radius 3 is 2.69 bits per heavy atom. The quantitative estimate of drug-likeness (QED) is 0.658. The van der Waals surface area contributed by atoms with Crippen LogP contribution in [-0.2, 0) is 10.0 Å². The highest BCUT2D eigenvalue weighted by molar-refractivity contribution is 7.89. The normalized spacial score (nSPS) is 19.5. The number of nitrogen functional groups attached to an aromatic ring is 1. The Labute approximate surface area is 173 Å². The van der Waals surface area contributed by atoms with Crippen LogP contribution >= 0.6 is 11.6 Å². The van der Waals surface area contributed by atoms with E-state index in [1.54, 1.807) is 6.20 Å². The van der Waals surface area contributed by atoms with Gasteiger partial charge in [-0.05, 0) is 43.9 Å². The third-order valence-corrected chi connectivity index (χ3v) is 7.49. The minimum atomic E-state index is -3.58. The van der Waals surface area contributed by atoms with E-state index in [4.69, 9.17) is 22.5 Å². The number of nitrogens with zero attached hydrogens (tertiary/aromatic N) is 3. The van der Waals surface area contributed by atoms with Crippen molar-refractivity contribution in [3.05, 3.63) is 46.9 Å². The highest BCUT2D eigenvalue weighted by Gasteiger charge is 2.34. The van der Waals surface area contributed by atoms with Gasteiger partial charge in [0.1, 0.15) is 0 Å². The van der Waals surface area contributed by atoms with Crippen molar-refractivity contribution in [2.45, 2.75) is 37.5 Å². The molecule has 0 amide bonds. The number of nitriles is 1. The van der Waals surface area contributed by atoms with Gasteiger partial charge in [-0.1, -0.05) is 11.6 Å². The molecule has 4 rings (SSSR count). The third kappa shape index (κ3) is 3.35. The molecule has 0 unspecified atom stereocenters. The van der Waals surface area contributed by atoms with Crippen LogP contribution in [0.5, 0.6) is 0 Å². The predicted molar refractivity (Wildman–Crippen MR) is 114 cm³/mol. The van der Waals surface area contributed by atoms with Crippen LogP contribution in [0.3, 0.4) is 0 Å². The number of fused-ring (bicyclic) bond motifs is 1. The van der Waals surface area contributed by atoms with E-state index in [0.717, 1.165) is 22.0 Å². The smallest absolute Gasteiger partial charge is 0.212 e. The maximum atomic E-state index is 11.8. The molecule has 2 aromatic heterocycles. The molecule has 29 heavy (non-hydrogen) atoms. The molecule has 2 atom stereocenters. The molecule has 1 fully saturated rings. The van der Waals surface area contributed by atoms with Gasteiger partial charge in [0.15, 0.2) is 0 Å². The van der Waals surface area contributed by atoms with Gasteiger partial charge in [0.25, 0.3) is 0 Å². The number of sulfonamides is 1. The van der Waals surface area contributed by atoms with Crippen LogP contribution < -0.4 is 10.9 Å². The summed E-state index contributed by atoms with van der Waals surface area (Å²) in [6.07, 6.45) is 6.75. The van der Waals surface area contributed by atoms with Gasteiger partial charge >= 0.3 is 0 Å². The predicted octanol–water partition coefficient (Wildman–Crippen LogP) is 3.50. The molecule has 7 nitrogen and oxygen atoms in total. The van der Waals surface area contributed by atoms with E-state index in [0.29, 0.717) is 41.1 Å². The molecule has 9 heteroatoms. The summed E-state index contributed by atoms with van der Waals surface area (Å²) in [5.41, 5.74) is 10.1. The Kier molecular flexibility index (Phi) is 4.77. The summed E-state index contributed by atoms with van der Waals surface area (Å²) in [6, 6.07) is 5.99. The molecule has 0 bridgehead atoms. The lowest BCUT2D eigenvalue weighted by Gasteiger charge is -2.15. The van der Waals surface area contributed by atoms with E-state index in [1.165, 1.54) is 6.20 Å². The average molecular weight is 430 g/mol.